The van der Waals surface area contributed by atoms with Crippen molar-refractivity contribution >= 4 is 23.2 Å². The van der Waals surface area contributed by atoms with E-state index in [4.69, 9.17) is 10.5 Å². The van der Waals surface area contributed by atoms with Crippen LogP contribution < -0.4 is 10.6 Å². The van der Waals surface area contributed by atoms with Crippen LogP contribution in [0.3, 0.4) is 0 Å². The number of amides is 1. The minimum atomic E-state index is -0.484. The molecule has 2 aromatic carbocycles. The molecule has 1 aromatic heterocycles. The number of Topliss-reactive ketones (excluding diaryl/α,β-unsaturated/α-hetero) is 1. The van der Waals surface area contributed by atoms with Gasteiger partial charge in [0.25, 0.3) is 0 Å². The van der Waals surface area contributed by atoms with E-state index in [9.17, 15) is 14.0 Å². The van der Waals surface area contributed by atoms with Gasteiger partial charge in [0.2, 0.25) is 5.91 Å². The number of ether oxygens (including phenoxy) is 1. The summed E-state index contributed by atoms with van der Waals surface area (Å²) < 4.78 is 19.9. The van der Waals surface area contributed by atoms with Crippen LogP contribution >= 0.6 is 0 Å². The first-order valence-corrected chi connectivity index (χ1v) is 10.9. The molecule has 2 N–H and O–H groups in total. The van der Waals surface area contributed by atoms with Crippen LogP contribution in [0, 0.1) is 5.82 Å². The molecule has 3 rings (SSSR count). The lowest BCUT2D eigenvalue weighted by molar-refractivity contribution is -0.118. The molecule has 0 saturated carbocycles. The number of carbonyl (C=O) groups is 2. The van der Waals surface area contributed by atoms with E-state index in [-0.39, 0.29) is 30.3 Å². The Morgan fingerprint density at radius 1 is 1.06 bits per heavy atom. The number of halogens is 1. The summed E-state index contributed by atoms with van der Waals surface area (Å²) >= 11 is 0. The summed E-state index contributed by atoms with van der Waals surface area (Å²) in [7, 11) is 1.54. The van der Waals surface area contributed by atoms with Crippen molar-refractivity contribution in [3.63, 3.8) is 0 Å². The minimum absolute atomic E-state index is 0.0202. The third kappa shape index (κ3) is 6.23. The highest BCUT2D eigenvalue weighted by Gasteiger charge is 2.18. The van der Waals surface area contributed by atoms with E-state index in [1.54, 1.807) is 55.6 Å². The summed E-state index contributed by atoms with van der Waals surface area (Å²) in [6.07, 6.45) is 2.89. The monoisotopic (exact) mass is 449 g/mol. The van der Waals surface area contributed by atoms with E-state index in [2.05, 4.69) is 4.98 Å². The molecule has 1 amide bonds. The van der Waals surface area contributed by atoms with Crippen molar-refractivity contribution in [2.75, 3.05) is 30.9 Å². The normalized spacial score (nSPS) is 10.8. The molecule has 0 spiro atoms. The summed E-state index contributed by atoms with van der Waals surface area (Å²) in [5, 5.41) is 0. The fourth-order valence-corrected chi connectivity index (χ4v) is 3.49. The smallest absolute Gasteiger partial charge is 0.226 e. The molecule has 0 aliphatic heterocycles. The number of aryl methyl sites for hydroxylation is 1. The lowest BCUT2D eigenvalue weighted by Gasteiger charge is -2.23. The van der Waals surface area contributed by atoms with Crippen molar-refractivity contribution in [1.82, 2.24) is 4.98 Å². The van der Waals surface area contributed by atoms with E-state index in [1.807, 2.05) is 6.07 Å². The van der Waals surface area contributed by atoms with E-state index in [0.29, 0.717) is 36.4 Å². The zero-order chi connectivity index (χ0) is 23.8. The molecular weight excluding hydrogens is 421 g/mol. The lowest BCUT2D eigenvalue weighted by Crippen LogP contribution is -2.34. The Hall–Kier alpha value is -3.58. The largest absolute Gasteiger partial charge is 0.384 e. The average molecular weight is 450 g/mol. The number of ketones is 1. The first-order valence-electron chi connectivity index (χ1n) is 10.9. The quantitative estimate of drug-likeness (QED) is 0.455. The average Bonchev–Trinajstić information content (AvgIpc) is 2.84. The van der Waals surface area contributed by atoms with Gasteiger partial charge in [0.15, 0.2) is 5.78 Å². The Labute approximate surface area is 193 Å². The Morgan fingerprint density at radius 2 is 1.79 bits per heavy atom. The van der Waals surface area contributed by atoms with Gasteiger partial charge in [0.1, 0.15) is 11.6 Å². The first-order chi connectivity index (χ1) is 15.9. The van der Waals surface area contributed by atoms with Gasteiger partial charge in [-0.25, -0.2) is 9.37 Å². The molecule has 172 valence electrons. The standard InChI is InChI=1S/C26H28FN3O3/c1-3-26(32)30(14-15-33-2)23-11-10-21(16-22(23)27)19-6-8-20(9-7-19)24(31)12-4-18-5-13-25(28)29-17-18/h5-11,13,16-17H,3-4,12,14-15H2,1-2H3,(H2,28,29). The summed E-state index contributed by atoms with van der Waals surface area (Å²) in [5.41, 5.74) is 8.81. The molecule has 0 bridgehead atoms. The Bertz CT molecular complexity index is 1100. The number of methoxy groups -OCH3 is 1. The van der Waals surface area contributed by atoms with Crippen LogP contribution in [0.2, 0.25) is 0 Å². The van der Waals surface area contributed by atoms with E-state index in [0.717, 1.165) is 11.1 Å². The van der Waals surface area contributed by atoms with E-state index < -0.39 is 5.82 Å². The maximum atomic E-state index is 14.9. The molecule has 0 radical (unpaired) electrons. The van der Waals surface area contributed by atoms with Crippen molar-refractivity contribution < 1.29 is 18.7 Å². The maximum Gasteiger partial charge on any atom is 0.226 e. The number of hydrogen-bond donors (Lipinski definition) is 1. The predicted octanol–water partition coefficient (Wildman–Crippen LogP) is 4.67. The van der Waals surface area contributed by atoms with Crippen molar-refractivity contribution in [3.05, 3.63) is 77.7 Å². The highest BCUT2D eigenvalue weighted by molar-refractivity contribution is 5.96. The van der Waals surface area contributed by atoms with E-state index >= 15 is 0 Å². The van der Waals surface area contributed by atoms with Crippen LogP contribution in [0.1, 0.15) is 35.7 Å². The molecule has 0 saturated heterocycles. The van der Waals surface area contributed by atoms with Gasteiger partial charge in [-0.2, -0.15) is 0 Å². The third-order valence-electron chi connectivity index (χ3n) is 5.39. The second-order valence-corrected chi connectivity index (χ2v) is 7.65. The molecular formula is C26H28FN3O3. The number of nitrogens with two attached hydrogens (primary N) is 1. The molecule has 3 aromatic rings. The van der Waals surface area contributed by atoms with Gasteiger partial charge in [-0.1, -0.05) is 43.3 Å². The molecule has 7 heteroatoms. The number of nitrogens with zero attached hydrogens (tertiary/aromatic N) is 2. The zero-order valence-electron chi connectivity index (χ0n) is 18.9. The molecule has 0 aliphatic rings. The second kappa shape index (κ2) is 11.3. The molecule has 6 nitrogen and oxygen atoms in total. The number of carbonyl (C=O) groups excluding carboxylic acids is 2. The Kier molecular flexibility index (Phi) is 8.27. The molecule has 0 atom stereocenters. The van der Waals surface area contributed by atoms with Crippen molar-refractivity contribution in [2.45, 2.75) is 26.2 Å². The second-order valence-electron chi connectivity index (χ2n) is 7.65. The van der Waals surface area contributed by atoms with E-state index in [1.165, 1.54) is 18.1 Å². The number of rotatable bonds is 10. The summed E-state index contributed by atoms with van der Waals surface area (Å²) in [5.74, 6) is -0.185. The number of aromatic nitrogens is 1. The highest BCUT2D eigenvalue weighted by atomic mass is 19.1. The molecule has 0 fully saturated rings. The topological polar surface area (TPSA) is 85.5 Å². The minimum Gasteiger partial charge on any atom is -0.384 e. The summed E-state index contributed by atoms with van der Waals surface area (Å²) in [4.78, 5) is 30.2. The Morgan fingerprint density at radius 3 is 2.39 bits per heavy atom. The third-order valence-corrected chi connectivity index (χ3v) is 5.39. The van der Waals surface area contributed by atoms with Gasteiger partial charge >= 0.3 is 0 Å². The van der Waals surface area contributed by atoms with Gasteiger partial charge in [-0.15, -0.1) is 0 Å². The zero-order valence-corrected chi connectivity index (χ0v) is 18.9. The van der Waals surface area contributed by atoms with Crippen molar-refractivity contribution in [1.29, 1.82) is 0 Å². The van der Waals surface area contributed by atoms with Gasteiger partial charge in [-0.3, -0.25) is 9.59 Å². The van der Waals surface area contributed by atoms with Crippen molar-refractivity contribution in [3.8, 4) is 11.1 Å². The number of anilines is 2. The van der Waals surface area contributed by atoms with Gasteiger partial charge in [-0.05, 0) is 41.3 Å². The van der Waals surface area contributed by atoms with Crippen LogP contribution in [-0.2, 0) is 16.0 Å². The van der Waals surface area contributed by atoms with Gasteiger partial charge < -0.3 is 15.4 Å². The number of nitrogen functional groups attached to an aromatic ring is 1. The predicted molar refractivity (Wildman–Crippen MR) is 128 cm³/mol. The first kappa shape index (κ1) is 24.1. The number of benzene rings is 2. The van der Waals surface area contributed by atoms with Gasteiger partial charge in [0.05, 0.1) is 12.3 Å². The molecule has 33 heavy (non-hydrogen) atoms. The number of hydrogen-bond acceptors (Lipinski definition) is 5. The van der Waals surface area contributed by atoms with Crippen LogP contribution in [0.5, 0.6) is 0 Å². The van der Waals surface area contributed by atoms with Gasteiger partial charge in [0, 0.05) is 38.3 Å². The summed E-state index contributed by atoms with van der Waals surface area (Å²) in [6.45, 7) is 2.34. The Balaban J connectivity index is 1.70. The van der Waals surface area contributed by atoms with Crippen LogP contribution in [0.4, 0.5) is 15.9 Å². The fraction of sp³-hybridized carbons (Fsp3) is 0.269. The molecule has 1 heterocycles. The van der Waals surface area contributed by atoms with Crippen molar-refractivity contribution in [2.24, 2.45) is 0 Å². The summed E-state index contributed by atoms with van der Waals surface area (Å²) in [6, 6.07) is 15.4. The van der Waals surface area contributed by atoms with Crippen LogP contribution in [0.15, 0.2) is 60.8 Å². The van der Waals surface area contributed by atoms with Crippen LogP contribution in [-0.4, -0.2) is 36.9 Å². The lowest BCUT2D eigenvalue weighted by atomic mass is 9.99. The SMILES string of the molecule is CCC(=O)N(CCOC)c1ccc(-c2ccc(C(=O)CCc3ccc(N)nc3)cc2)cc1F. The van der Waals surface area contributed by atoms with Crippen LogP contribution in [0.25, 0.3) is 11.1 Å². The molecule has 0 aliphatic carbocycles. The molecule has 0 unspecified atom stereocenters. The fourth-order valence-electron chi connectivity index (χ4n) is 3.49. The highest BCUT2D eigenvalue weighted by Crippen LogP contribution is 2.27. The number of pyridine rings is 1. The maximum absolute atomic E-state index is 14.9.